The van der Waals surface area contributed by atoms with Crippen molar-refractivity contribution < 1.29 is 78.3 Å². The number of sulfone groups is 3. The summed E-state index contributed by atoms with van der Waals surface area (Å²) < 4.78 is 205. The number of hydrogen-bond acceptors (Lipinski definition) is 9. The number of hydrogen-bond donors (Lipinski definition) is 0. The lowest BCUT2D eigenvalue weighted by Crippen LogP contribution is -2.43. The van der Waals surface area contributed by atoms with E-state index in [4.69, 9.17) is 0 Å². The predicted molar refractivity (Wildman–Crippen MR) is 96.6 cm³/mol. The van der Waals surface area contributed by atoms with Gasteiger partial charge in [-0.05, 0) is 12.2 Å². The Morgan fingerprint density at radius 1 is 0.647 bits per heavy atom. The van der Waals surface area contributed by atoms with E-state index in [1.165, 1.54) is 0 Å². The van der Waals surface area contributed by atoms with Gasteiger partial charge in [0.25, 0.3) is 29.5 Å². The summed E-state index contributed by atoms with van der Waals surface area (Å²) >= 11 is 0. The van der Waals surface area contributed by atoms with Gasteiger partial charge >= 0.3 is 24.5 Å². The molecular weight excluding hydrogens is 586 g/mol. The van der Waals surface area contributed by atoms with Crippen molar-refractivity contribution in [3.05, 3.63) is 22.0 Å². The summed E-state index contributed by atoms with van der Waals surface area (Å²) in [5.41, 5.74) is -22.6. The van der Waals surface area contributed by atoms with E-state index in [0.717, 1.165) is 0 Å². The Labute approximate surface area is 186 Å². The molecule has 0 amide bonds. The second kappa shape index (κ2) is 9.15. The second-order valence-electron chi connectivity index (χ2n) is 5.98. The predicted octanol–water partition coefficient (Wildman–Crippen LogP) is 3.01. The van der Waals surface area contributed by atoms with E-state index < -0.39 is 86.9 Å². The molecule has 0 radical (unpaired) electrons. The molecule has 0 aromatic heterocycles. The minimum absolute atomic E-state index is 0.495. The van der Waals surface area contributed by atoms with Gasteiger partial charge in [-0.25, -0.2) is 25.3 Å². The van der Waals surface area contributed by atoms with E-state index >= 15 is 0 Å². The van der Waals surface area contributed by atoms with Crippen LogP contribution >= 0.6 is 7.94 Å². The van der Waals surface area contributed by atoms with Crippen LogP contribution < -0.4 is 0 Å². The highest BCUT2D eigenvalue weighted by Gasteiger charge is 2.69. The number of halogens is 9. The third-order valence-corrected chi connectivity index (χ3v) is 12.1. The van der Waals surface area contributed by atoms with Crippen LogP contribution in [0.4, 0.5) is 39.5 Å². The fraction of sp³-hybridized carbons (Fsp3) is 0.667. The van der Waals surface area contributed by atoms with Crippen LogP contribution in [0.1, 0.15) is 0 Å². The van der Waals surface area contributed by atoms with Crippen LogP contribution in [0.3, 0.4) is 0 Å². The Morgan fingerprint density at radius 2 is 0.941 bits per heavy atom. The molecule has 0 spiro atoms. The highest BCUT2D eigenvalue weighted by molar-refractivity contribution is 7.99. The standard InChI is InChI=1S/C12H13F9O9PS3/c1-28-31(29-2,30-3)9-7(33(24,25)11(16,17)18)4-6(32(22,23)10(13,14)15)5-8(9)34(26,27)12(19,20)21/h4-6,9H,1-3H3/q+1. The molecule has 0 N–H and O–H groups in total. The molecule has 0 fully saturated rings. The molecule has 0 aromatic rings. The molecule has 22 heteroatoms. The third kappa shape index (κ3) is 4.96. The molecule has 34 heavy (non-hydrogen) atoms. The van der Waals surface area contributed by atoms with E-state index in [0.29, 0.717) is 21.3 Å². The molecule has 0 heterocycles. The normalized spacial score (nSPS) is 21.8. The number of alkyl halides is 9. The quantitative estimate of drug-likeness (QED) is 0.320. The third-order valence-electron chi connectivity index (χ3n) is 4.19. The molecule has 0 aromatic carbocycles. The van der Waals surface area contributed by atoms with Gasteiger partial charge in [-0.15, -0.1) is 0 Å². The van der Waals surface area contributed by atoms with Gasteiger partial charge < -0.3 is 0 Å². The van der Waals surface area contributed by atoms with E-state index in [9.17, 15) is 64.8 Å². The summed E-state index contributed by atoms with van der Waals surface area (Å²) in [5.74, 6) is 0. The Balaban J connectivity index is 4.39. The number of rotatable bonds is 7. The van der Waals surface area contributed by atoms with Crippen molar-refractivity contribution in [3.8, 4) is 0 Å². The summed E-state index contributed by atoms with van der Waals surface area (Å²) in [6, 6.07) is 0. The molecule has 9 nitrogen and oxygen atoms in total. The first-order chi connectivity index (χ1) is 14.9. The van der Waals surface area contributed by atoms with Gasteiger partial charge in [0.2, 0.25) is 5.66 Å². The van der Waals surface area contributed by atoms with Crippen molar-refractivity contribution in [2.75, 3.05) is 21.3 Å². The SMILES string of the molecule is CO[P+](OC)(OC)C1C(S(=O)(=O)C(F)(F)F)=CC(S(=O)(=O)C(F)(F)F)C=C1S(=O)(=O)C(F)(F)F. The second-order valence-corrected chi connectivity index (χ2v) is 14.7. The summed E-state index contributed by atoms with van der Waals surface area (Å²) in [4.78, 5) is -5.05. The van der Waals surface area contributed by atoms with Crippen molar-refractivity contribution in [3.63, 3.8) is 0 Å². The Bertz CT molecular complexity index is 1110. The van der Waals surface area contributed by atoms with Crippen molar-refractivity contribution in [2.45, 2.75) is 27.4 Å². The maximum atomic E-state index is 13.3. The maximum absolute atomic E-state index is 13.3. The molecule has 200 valence electrons. The van der Waals surface area contributed by atoms with E-state index in [1.807, 2.05) is 0 Å². The highest BCUT2D eigenvalue weighted by Crippen LogP contribution is 2.70. The average Bonchev–Trinajstić information content (AvgIpc) is 2.66. The van der Waals surface area contributed by atoms with Crippen molar-refractivity contribution in [1.29, 1.82) is 0 Å². The summed E-state index contributed by atoms with van der Waals surface area (Å²) in [6.45, 7) is 0. The molecular formula is C12H13F9O9PS3+. The van der Waals surface area contributed by atoms with Crippen LogP contribution in [0.25, 0.3) is 0 Å². The van der Waals surface area contributed by atoms with Gasteiger partial charge in [0.15, 0.2) is 0 Å². The smallest absolute Gasteiger partial charge is 0.219 e. The maximum Gasteiger partial charge on any atom is 0.501 e. The average molecular weight is 599 g/mol. The first-order valence-electron chi connectivity index (χ1n) is 7.81. The molecule has 0 bridgehead atoms. The Kier molecular flexibility index (Phi) is 8.35. The Hall–Kier alpha value is -0.990. The fourth-order valence-electron chi connectivity index (χ4n) is 2.62. The van der Waals surface area contributed by atoms with Crippen LogP contribution in [0.2, 0.25) is 0 Å². The minimum Gasteiger partial charge on any atom is -0.219 e. The van der Waals surface area contributed by atoms with Crippen LogP contribution in [0.15, 0.2) is 22.0 Å². The van der Waals surface area contributed by atoms with Crippen molar-refractivity contribution in [1.82, 2.24) is 0 Å². The molecule has 0 saturated heterocycles. The number of allylic oxidation sites excluding steroid dienone is 2. The molecule has 1 aliphatic carbocycles. The largest absolute Gasteiger partial charge is 0.501 e. The van der Waals surface area contributed by atoms with Gasteiger partial charge in [0.05, 0.1) is 21.3 Å². The van der Waals surface area contributed by atoms with Gasteiger partial charge in [0, 0.05) is 0 Å². The van der Waals surface area contributed by atoms with E-state index in [-0.39, 0.29) is 0 Å². The van der Waals surface area contributed by atoms with Crippen molar-refractivity contribution in [2.24, 2.45) is 0 Å². The van der Waals surface area contributed by atoms with Crippen LogP contribution in [-0.2, 0) is 43.1 Å². The molecule has 0 aliphatic heterocycles. The first kappa shape index (κ1) is 31.0. The lowest BCUT2D eigenvalue weighted by Gasteiger charge is -2.32. The minimum atomic E-state index is -6.99. The van der Waals surface area contributed by atoms with Gasteiger partial charge in [-0.3, -0.25) is 0 Å². The lowest BCUT2D eigenvalue weighted by atomic mass is 10.2. The monoisotopic (exact) mass is 599 g/mol. The topological polar surface area (TPSA) is 130 Å². The molecule has 1 rings (SSSR count). The van der Waals surface area contributed by atoms with Gasteiger partial charge in [-0.1, -0.05) is 0 Å². The summed E-state index contributed by atoms with van der Waals surface area (Å²) in [7, 11) is -24.2. The van der Waals surface area contributed by atoms with Crippen LogP contribution in [-0.4, -0.2) is 74.0 Å². The zero-order valence-corrected chi connectivity index (χ0v) is 19.9. The molecule has 0 unspecified atom stereocenters. The molecule has 0 saturated carbocycles. The summed E-state index contributed by atoms with van der Waals surface area (Å²) in [6.07, 6.45) is -1.39. The van der Waals surface area contributed by atoms with E-state index in [1.54, 1.807) is 0 Å². The van der Waals surface area contributed by atoms with Gasteiger partial charge in [-0.2, -0.15) is 53.1 Å². The van der Waals surface area contributed by atoms with E-state index in [2.05, 4.69) is 13.6 Å². The Morgan fingerprint density at radius 3 is 1.15 bits per heavy atom. The van der Waals surface area contributed by atoms with Crippen LogP contribution in [0.5, 0.6) is 0 Å². The summed E-state index contributed by atoms with van der Waals surface area (Å²) in [5, 5.41) is -3.63. The molecule has 1 aliphatic rings. The lowest BCUT2D eigenvalue weighted by molar-refractivity contribution is -0.0439. The van der Waals surface area contributed by atoms with Gasteiger partial charge in [0.1, 0.15) is 15.1 Å². The van der Waals surface area contributed by atoms with Crippen molar-refractivity contribution >= 4 is 37.5 Å². The fourth-order valence-corrected chi connectivity index (χ4v) is 9.34. The molecule has 0 atom stereocenters. The highest BCUT2D eigenvalue weighted by atomic mass is 32.2. The zero-order valence-electron chi connectivity index (χ0n) is 16.6. The first-order valence-corrected chi connectivity index (χ1v) is 13.9. The van der Waals surface area contributed by atoms with Crippen LogP contribution in [0, 0.1) is 0 Å². The zero-order chi connectivity index (χ0) is 27.3.